The van der Waals surface area contributed by atoms with Gasteiger partial charge >= 0.3 is 6.18 Å². The zero-order valence-electron chi connectivity index (χ0n) is 13.8. The number of rotatable bonds is 5. The molecule has 8 heteroatoms. The van der Waals surface area contributed by atoms with Gasteiger partial charge in [0.05, 0.1) is 23.7 Å². The maximum absolute atomic E-state index is 12.9. The van der Waals surface area contributed by atoms with Crippen LogP contribution in [0, 0.1) is 5.92 Å². The monoisotopic (exact) mass is 376 g/mol. The number of hydrogen-bond donors (Lipinski definition) is 2. The van der Waals surface area contributed by atoms with Crippen LogP contribution in [0.25, 0.3) is 0 Å². The smallest absolute Gasteiger partial charge is 0.416 e. The molecule has 1 amide bonds. The third kappa shape index (κ3) is 5.24. The van der Waals surface area contributed by atoms with Gasteiger partial charge in [-0.1, -0.05) is 26.0 Å². The average Bonchev–Trinajstić information content (AvgIpc) is 3.00. The van der Waals surface area contributed by atoms with Crippen molar-refractivity contribution in [2.75, 3.05) is 0 Å². The first-order valence-corrected chi connectivity index (χ1v) is 7.48. The second-order valence-electron chi connectivity index (χ2n) is 5.82. The molecule has 1 aromatic heterocycles. The lowest BCUT2D eigenvalue weighted by molar-refractivity contribution is -0.137. The zero-order chi connectivity index (χ0) is 17.9. The van der Waals surface area contributed by atoms with E-state index in [1.807, 2.05) is 13.8 Å². The van der Waals surface area contributed by atoms with Crippen LogP contribution in [0.2, 0.25) is 0 Å². The van der Waals surface area contributed by atoms with Gasteiger partial charge in [0.2, 0.25) is 0 Å². The third-order valence-electron chi connectivity index (χ3n) is 3.64. The van der Waals surface area contributed by atoms with Crippen LogP contribution in [0.5, 0.6) is 0 Å². The highest BCUT2D eigenvalue weighted by Gasteiger charge is 2.31. The lowest BCUT2D eigenvalue weighted by Crippen LogP contribution is -2.31. The van der Waals surface area contributed by atoms with Crippen molar-refractivity contribution in [2.24, 2.45) is 11.7 Å². The Hall–Kier alpha value is -1.99. The molecule has 1 aromatic carbocycles. The highest BCUT2D eigenvalue weighted by molar-refractivity contribution is 5.94. The molecule has 0 saturated carbocycles. The molecule has 0 saturated heterocycles. The maximum Gasteiger partial charge on any atom is 0.416 e. The highest BCUT2D eigenvalue weighted by atomic mass is 35.5. The summed E-state index contributed by atoms with van der Waals surface area (Å²) in [6.45, 7) is 3.81. The van der Waals surface area contributed by atoms with Crippen molar-refractivity contribution in [2.45, 2.75) is 32.6 Å². The Morgan fingerprint density at radius 3 is 2.48 bits per heavy atom. The van der Waals surface area contributed by atoms with Crippen LogP contribution < -0.4 is 11.1 Å². The predicted molar refractivity (Wildman–Crippen MR) is 90.3 cm³/mol. The normalized spacial score (nSPS) is 12.6. The van der Waals surface area contributed by atoms with Crippen LogP contribution in [-0.2, 0) is 12.7 Å². The molecule has 0 bridgehead atoms. The lowest BCUT2D eigenvalue weighted by atomic mass is 9.94. The number of amides is 1. The van der Waals surface area contributed by atoms with E-state index < -0.39 is 23.7 Å². The molecule has 2 rings (SSSR count). The largest absolute Gasteiger partial charge is 0.467 e. The Morgan fingerprint density at radius 2 is 1.96 bits per heavy atom. The molecule has 0 aliphatic carbocycles. The molecule has 4 nitrogen and oxygen atoms in total. The summed E-state index contributed by atoms with van der Waals surface area (Å²) in [4.78, 5) is 12.3. The number of furan rings is 1. The Balaban J connectivity index is 0.00000312. The number of nitrogens with two attached hydrogens (primary N) is 1. The molecule has 138 valence electrons. The number of carbonyl (C=O) groups excluding carboxylic acids is 1. The molecular formula is C17H20ClF3N2O2. The molecule has 0 radical (unpaired) electrons. The van der Waals surface area contributed by atoms with Crippen molar-refractivity contribution in [1.29, 1.82) is 0 Å². The fourth-order valence-corrected chi connectivity index (χ4v) is 2.37. The summed E-state index contributed by atoms with van der Waals surface area (Å²) in [6, 6.07) is 5.93. The van der Waals surface area contributed by atoms with E-state index in [4.69, 9.17) is 10.2 Å². The molecule has 3 N–H and O–H groups in total. The number of nitrogens with one attached hydrogen (secondary N) is 1. The van der Waals surface area contributed by atoms with Crippen molar-refractivity contribution in [3.05, 3.63) is 59.0 Å². The topological polar surface area (TPSA) is 68.3 Å². The van der Waals surface area contributed by atoms with Crippen LogP contribution in [0.15, 0.2) is 41.0 Å². The van der Waals surface area contributed by atoms with Gasteiger partial charge in [-0.2, -0.15) is 13.2 Å². The van der Waals surface area contributed by atoms with Crippen molar-refractivity contribution < 1.29 is 22.4 Å². The second-order valence-corrected chi connectivity index (χ2v) is 5.82. The maximum atomic E-state index is 12.9. The lowest BCUT2D eigenvalue weighted by Gasteiger charge is -2.23. The molecule has 1 unspecified atom stereocenters. The van der Waals surface area contributed by atoms with Gasteiger partial charge < -0.3 is 15.5 Å². The van der Waals surface area contributed by atoms with Gasteiger partial charge in [-0.25, -0.2) is 0 Å². The van der Waals surface area contributed by atoms with Crippen LogP contribution in [0.3, 0.4) is 0 Å². The van der Waals surface area contributed by atoms with E-state index >= 15 is 0 Å². The summed E-state index contributed by atoms with van der Waals surface area (Å²) in [7, 11) is 0. The van der Waals surface area contributed by atoms with Gasteiger partial charge in [-0.15, -0.1) is 12.4 Å². The van der Waals surface area contributed by atoms with Gasteiger partial charge in [0.1, 0.15) is 12.0 Å². The first-order chi connectivity index (χ1) is 11.2. The van der Waals surface area contributed by atoms with Gasteiger partial charge in [0.25, 0.3) is 5.91 Å². The van der Waals surface area contributed by atoms with Crippen LogP contribution in [0.4, 0.5) is 13.2 Å². The Bertz CT molecular complexity index is 714. The van der Waals surface area contributed by atoms with Crippen molar-refractivity contribution in [3.8, 4) is 0 Å². The van der Waals surface area contributed by atoms with Crippen molar-refractivity contribution in [3.63, 3.8) is 0 Å². The van der Waals surface area contributed by atoms with Gasteiger partial charge in [0.15, 0.2) is 0 Å². The molecule has 25 heavy (non-hydrogen) atoms. The Kier molecular flexibility index (Phi) is 7.07. The van der Waals surface area contributed by atoms with Crippen molar-refractivity contribution in [1.82, 2.24) is 5.32 Å². The summed E-state index contributed by atoms with van der Waals surface area (Å²) in [5.74, 6) is -0.0619. The van der Waals surface area contributed by atoms with E-state index in [9.17, 15) is 18.0 Å². The SMILES string of the molecule is CC(C)C(NC(=O)c1coc(CN)c1)c1cccc(C(F)(F)F)c1.Cl. The molecule has 0 aliphatic rings. The molecule has 2 aromatic rings. The number of hydrogen-bond acceptors (Lipinski definition) is 3. The van der Waals surface area contributed by atoms with Gasteiger partial charge in [-0.05, 0) is 29.7 Å². The summed E-state index contributed by atoms with van der Waals surface area (Å²) in [6.07, 6.45) is -3.15. The summed E-state index contributed by atoms with van der Waals surface area (Å²) < 4.78 is 43.8. The number of carbonyl (C=O) groups is 1. The fraction of sp³-hybridized carbons (Fsp3) is 0.353. The molecule has 0 fully saturated rings. The minimum Gasteiger partial charge on any atom is -0.467 e. The fourth-order valence-electron chi connectivity index (χ4n) is 2.37. The summed E-state index contributed by atoms with van der Waals surface area (Å²) in [5, 5.41) is 2.76. The highest BCUT2D eigenvalue weighted by Crippen LogP contribution is 2.32. The third-order valence-corrected chi connectivity index (χ3v) is 3.64. The van der Waals surface area contributed by atoms with Crippen molar-refractivity contribution >= 4 is 18.3 Å². The standard InChI is InChI=1S/C17H19F3N2O2.ClH/c1-10(2)15(11-4-3-5-13(6-11)17(18,19)20)22-16(23)12-7-14(8-21)24-9-12;/h3-7,9-10,15H,8,21H2,1-2H3,(H,22,23);1H. The number of halogens is 4. The average molecular weight is 377 g/mol. The Labute approximate surface area is 150 Å². The minimum atomic E-state index is -4.43. The van der Waals surface area contributed by atoms with E-state index in [1.54, 1.807) is 6.07 Å². The van der Waals surface area contributed by atoms with E-state index in [1.165, 1.54) is 18.4 Å². The van der Waals surface area contributed by atoms with E-state index in [0.29, 0.717) is 11.3 Å². The van der Waals surface area contributed by atoms with E-state index in [0.717, 1.165) is 12.1 Å². The molecule has 1 atom stereocenters. The molecule has 0 aliphatic heterocycles. The van der Waals surface area contributed by atoms with Crippen LogP contribution in [0.1, 0.15) is 47.1 Å². The van der Waals surface area contributed by atoms with Crippen LogP contribution >= 0.6 is 12.4 Å². The first kappa shape index (κ1) is 21.1. The van der Waals surface area contributed by atoms with E-state index in [2.05, 4.69) is 5.32 Å². The quantitative estimate of drug-likeness (QED) is 0.817. The predicted octanol–water partition coefficient (Wildman–Crippen LogP) is 4.31. The van der Waals surface area contributed by atoms with Crippen LogP contribution in [-0.4, -0.2) is 5.91 Å². The first-order valence-electron chi connectivity index (χ1n) is 7.48. The Morgan fingerprint density at radius 1 is 1.28 bits per heavy atom. The van der Waals surface area contributed by atoms with Gasteiger partial charge in [-0.3, -0.25) is 4.79 Å². The summed E-state index contributed by atoms with van der Waals surface area (Å²) >= 11 is 0. The minimum absolute atomic E-state index is 0. The van der Waals surface area contributed by atoms with E-state index in [-0.39, 0.29) is 30.4 Å². The molecule has 0 spiro atoms. The number of benzene rings is 1. The molecular weight excluding hydrogens is 357 g/mol. The number of alkyl halides is 3. The van der Waals surface area contributed by atoms with Gasteiger partial charge in [0, 0.05) is 0 Å². The summed E-state index contributed by atoms with van der Waals surface area (Å²) in [5.41, 5.74) is 5.37. The second kappa shape index (κ2) is 8.40. The zero-order valence-corrected chi connectivity index (χ0v) is 14.6. The molecule has 1 heterocycles.